The molecule has 1 heterocycles. The first-order valence-electron chi connectivity index (χ1n) is 10.3. The van der Waals surface area contributed by atoms with E-state index in [2.05, 4.69) is 17.6 Å². The molecule has 0 atom stereocenters. The number of carbonyl (C=O) groups excluding carboxylic acids is 2. The number of hydrogen-bond donors (Lipinski definition) is 3. The molecule has 1 aliphatic carbocycles. The van der Waals surface area contributed by atoms with Gasteiger partial charge < -0.3 is 15.8 Å². The van der Waals surface area contributed by atoms with E-state index < -0.39 is 5.91 Å². The molecule has 3 rings (SSSR count). The summed E-state index contributed by atoms with van der Waals surface area (Å²) in [5.41, 5.74) is 7.63. The maximum absolute atomic E-state index is 12.6. The number of nitrogens with two attached hydrogens (primary N) is 1. The third-order valence-corrected chi connectivity index (χ3v) is 6.40. The summed E-state index contributed by atoms with van der Waals surface area (Å²) in [6.07, 6.45) is 7.07. The highest BCUT2D eigenvalue weighted by Gasteiger charge is 2.24. The van der Waals surface area contributed by atoms with Crippen molar-refractivity contribution >= 4 is 45.5 Å². The Morgan fingerprint density at radius 1 is 1.23 bits per heavy atom. The molecule has 2 amide bonds. The smallest absolute Gasteiger partial charge is 0.257 e. The van der Waals surface area contributed by atoms with Gasteiger partial charge in [0.15, 0.2) is 5.11 Å². The highest BCUT2D eigenvalue weighted by molar-refractivity contribution is 7.80. The van der Waals surface area contributed by atoms with Gasteiger partial charge in [0.05, 0.1) is 12.2 Å². The Kier molecular flexibility index (Phi) is 7.81. The lowest BCUT2D eigenvalue weighted by Gasteiger charge is -2.11. The highest BCUT2D eigenvalue weighted by atomic mass is 32.1. The summed E-state index contributed by atoms with van der Waals surface area (Å²) in [5, 5.41) is 6.43. The maximum Gasteiger partial charge on any atom is 0.257 e. The molecule has 0 saturated carbocycles. The number of anilines is 1. The molecule has 2 aromatic rings. The van der Waals surface area contributed by atoms with E-state index in [4.69, 9.17) is 22.7 Å². The summed E-state index contributed by atoms with van der Waals surface area (Å²) in [7, 11) is 0. The molecule has 0 unspecified atom stereocenters. The first-order valence-corrected chi connectivity index (χ1v) is 11.5. The Morgan fingerprint density at radius 3 is 2.80 bits per heavy atom. The number of unbranched alkanes of at least 4 members (excludes halogenated alkanes) is 1. The third-order valence-electron chi connectivity index (χ3n) is 4.98. The molecule has 1 aliphatic rings. The van der Waals surface area contributed by atoms with Crippen LogP contribution in [-0.4, -0.2) is 23.5 Å². The van der Waals surface area contributed by atoms with Gasteiger partial charge in [0, 0.05) is 10.4 Å². The minimum absolute atomic E-state index is 0.135. The lowest BCUT2D eigenvalue weighted by molar-refractivity contribution is 0.0975. The summed E-state index contributed by atoms with van der Waals surface area (Å²) >= 11 is 6.82. The zero-order chi connectivity index (χ0) is 21.5. The highest BCUT2D eigenvalue weighted by Crippen LogP contribution is 2.37. The van der Waals surface area contributed by atoms with Crippen LogP contribution in [0.4, 0.5) is 5.00 Å². The molecule has 1 aromatic carbocycles. The molecule has 30 heavy (non-hydrogen) atoms. The van der Waals surface area contributed by atoms with E-state index in [0.717, 1.165) is 50.5 Å². The van der Waals surface area contributed by atoms with E-state index in [1.807, 2.05) is 6.07 Å². The van der Waals surface area contributed by atoms with Crippen LogP contribution in [-0.2, 0) is 12.8 Å². The van der Waals surface area contributed by atoms with Gasteiger partial charge in [-0.3, -0.25) is 14.9 Å². The maximum atomic E-state index is 12.6. The summed E-state index contributed by atoms with van der Waals surface area (Å²) in [4.78, 5) is 25.9. The Morgan fingerprint density at radius 2 is 2.03 bits per heavy atom. The summed E-state index contributed by atoms with van der Waals surface area (Å²) in [6.45, 7) is 2.71. The number of thiocarbonyl (C=S) groups is 1. The second kappa shape index (κ2) is 10.5. The van der Waals surface area contributed by atoms with E-state index in [0.29, 0.717) is 28.5 Å². The fourth-order valence-electron chi connectivity index (χ4n) is 3.46. The van der Waals surface area contributed by atoms with E-state index in [9.17, 15) is 9.59 Å². The van der Waals surface area contributed by atoms with Gasteiger partial charge in [0.2, 0.25) is 0 Å². The van der Waals surface area contributed by atoms with Gasteiger partial charge in [-0.2, -0.15) is 0 Å². The Labute approximate surface area is 186 Å². The van der Waals surface area contributed by atoms with Gasteiger partial charge in [-0.05, 0) is 68.1 Å². The normalized spacial score (nSPS) is 13.1. The van der Waals surface area contributed by atoms with Crippen LogP contribution in [0.3, 0.4) is 0 Å². The number of fused-ring (bicyclic) bond motifs is 1. The van der Waals surface area contributed by atoms with Crippen molar-refractivity contribution in [3.63, 3.8) is 0 Å². The van der Waals surface area contributed by atoms with Gasteiger partial charge in [0.25, 0.3) is 11.8 Å². The van der Waals surface area contributed by atoms with Crippen LogP contribution in [0.2, 0.25) is 0 Å². The number of aryl methyl sites for hydroxylation is 1. The molecule has 0 radical (unpaired) electrons. The molecular formula is C22H27N3O3S2. The first-order chi connectivity index (χ1) is 14.5. The Balaban J connectivity index is 1.68. The summed E-state index contributed by atoms with van der Waals surface area (Å²) < 4.78 is 5.66. The van der Waals surface area contributed by atoms with E-state index in [-0.39, 0.29) is 11.0 Å². The number of thiophene rings is 1. The first kappa shape index (κ1) is 22.2. The SMILES string of the molecule is CCCCOc1cccc(C(=O)NC(=S)Nc2sc3c(c2C(N)=O)CCCCC3)c1. The van der Waals surface area contributed by atoms with Crippen LogP contribution in [0, 0.1) is 0 Å². The van der Waals surface area contributed by atoms with Crippen molar-refractivity contribution < 1.29 is 14.3 Å². The minimum Gasteiger partial charge on any atom is -0.494 e. The van der Waals surface area contributed by atoms with Gasteiger partial charge in [-0.15, -0.1) is 11.3 Å². The average molecular weight is 446 g/mol. The number of amides is 2. The molecule has 0 aliphatic heterocycles. The molecule has 0 saturated heterocycles. The second-order valence-electron chi connectivity index (χ2n) is 7.27. The fourth-order valence-corrected chi connectivity index (χ4v) is 5.02. The van der Waals surface area contributed by atoms with Gasteiger partial charge in [-0.25, -0.2) is 0 Å². The van der Waals surface area contributed by atoms with Gasteiger partial charge in [0.1, 0.15) is 10.8 Å². The molecule has 4 N–H and O–H groups in total. The lowest BCUT2D eigenvalue weighted by atomic mass is 10.1. The molecule has 1 aromatic heterocycles. The molecule has 0 bridgehead atoms. The number of rotatable bonds is 7. The Bertz CT molecular complexity index is 940. The zero-order valence-electron chi connectivity index (χ0n) is 17.1. The molecule has 0 spiro atoms. The van der Waals surface area contributed by atoms with Crippen molar-refractivity contribution in [1.82, 2.24) is 5.32 Å². The van der Waals surface area contributed by atoms with Crippen LogP contribution in [0.5, 0.6) is 5.75 Å². The predicted octanol–water partition coefficient (Wildman–Crippen LogP) is 4.42. The van der Waals surface area contributed by atoms with Crippen molar-refractivity contribution in [3.8, 4) is 5.75 Å². The number of nitrogens with one attached hydrogen (secondary N) is 2. The monoisotopic (exact) mass is 445 g/mol. The quantitative estimate of drug-likeness (QED) is 0.333. The van der Waals surface area contributed by atoms with Crippen LogP contribution in [0.1, 0.15) is 70.2 Å². The van der Waals surface area contributed by atoms with Crippen molar-refractivity contribution in [2.24, 2.45) is 5.73 Å². The number of ether oxygens (including phenoxy) is 1. The molecule has 0 fully saturated rings. The van der Waals surface area contributed by atoms with E-state index in [1.54, 1.807) is 18.2 Å². The molecule has 6 nitrogen and oxygen atoms in total. The van der Waals surface area contributed by atoms with Gasteiger partial charge >= 0.3 is 0 Å². The number of hydrogen-bond acceptors (Lipinski definition) is 5. The lowest BCUT2D eigenvalue weighted by Crippen LogP contribution is -2.34. The predicted molar refractivity (Wildman–Crippen MR) is 125 cm³/mol. The number of primary amides is 1. The fraction of sp³-hybridized carbons (Fsp3) is 0.409. The number of benzene rings is 1. The average Bonchev–Trinajstić information content (AvgIpc) is 2.89. The van der Waals surface area contributed by atoms with E-state index >= 15 is 0 Å². The summed E-state index contributed by atoms with van der Waals surface area (Å²) in [6, 6.07) is 6.98. The summed E-state index contributed by atoms with van der Waals surface area (Å²) in [5.74, 6) is -0.164. The van der Waals surface area contributed by atoms with Crippen molar-refractivity contribution in [1.29, 1.82) is 0 Å². The van der Waals surface area contributed by atoms with Crippen molar-refractivity contribution in [3.05, 3.63) is 45.8 Å². The van der Waals surface area contributed by atoms with Crippen LogP contribution in [0.25, 0.3) is 0 Å². The minimum atomic E-state index is -0.469. The standard InChI is InChI=1S/C22H27N3O3S2/c1-2-3-12-28-15-9-7-8-14(13-15)20(27)24-22(29)25-21-18(19(23)26)16-10-5-4-6-11-17(16)30-21/h7-9,13H,2-6,10-12H2,1H3,(H2,23,26)(H2,24,25,27,29). The van der Waals surface area contributed by atoms with Gasteiger partial charge in [-0.1, -0.05) is 25.8 Å². The van der Waals surface area contributed by atoms with Crippen LogP contribution < -0.4 is 21.1 Å². The third kappa shape index (κ3) is 5.58. The molecule has 8 heteroatoms. The molecule has 160 valence electrons. The van der Waals surface area contributed by atoms with Crippen LogP contribution in [0.15, 0.2) is 24.3 Å². The molecular weight excluding hydrogens is 418 g/mol. The van der Waals surface area contributed by atoms with Crippen molar-refractivity contribution in [2.75, 3.05) is 11.9 Å². The van der Waals surface area contributed by atoms with Crippen LogP contribution >= 0.6 is 23.6 Å². The topological polar surface area (TPSA) is 93.4 Å². The largest absolute Gasteiger partial charge is 0.494 e. The van der Waals surface area contributed by atoms with Crippen molar-refractivity contribution in [2.45, 2.75) is 51.9 Å². The van der Waals surface area contributed by atoms with E-state index in [1.165, 1.54) is 16.2 Å². The zero-order valence-corrected chi connectivity index (χ0v) is 18.7. The number of carbonyl (C=O) groups is 2. The Hall–Kier alpha value is -2.45. The second-order valence-corrected chi connectivity index (χ2v) is 8.78.